The average molecular weight is 234 g/mol. The number of halogens is 2. The van der Waals surface area contributed by atoms with Gasteiger partial charge in [0.15, 0.2) is 11.6 Å². The molecule has 0 unspecified atom stereocenters. The number of hydrogen-bond donors (Lipinski definition) is 2. The highest BCUT2D eigenvalue weighted by Gasteiger charge is 2.14. The van der Waals surface area contributed by atoms with Crippen LogP contribution in [-0.2, 0) is 0 Å². The summed E-state index contributed by atoms with van der Waals surface area (Å²) in [6.07, 6.45) is 1.66. The highest BCUT2D eigenvalue weighted by Crippen LogP contribution is 2.29. The molecule has 0 aromatic heterocycles. The van der Waals surface area contributed by atoms with Gasteiger partial charge in [-0.2, -0.15) is 0 Å². The zero-order valence-corrected chi connectivity index (χ0v) is 9.77. The summed E-state index contributed by atoms with van der Waals surface area (Å²) in [6.45, 7) is 3.62. The second kappa shape index (κ2) is 5.93. The van der Waals surface area contributed by atoms with Crippen LogP contribution in [-0.4, -0.2) is 5.11 Å². The van der Waals surface area contributed by atoms with Gasteiger partial charge in [-0.25, -0.2) is 4.39 Å². The molecule has 1 atom stereocenters. The average Bonchev–Trinajstić information content (AvgIpc) is 2.15. The molecule has 0 aliphatic heterocycles. The zero-order chi connectivity index (χ0) is 10.7. The first-order chi connectivity index (χ1) is 6.57. The molecule has 0 saturated carbocycles. The quantitative estimate of drug-likeness (QED) is 0.843. The van der Waals surface area contributed by atoms with E-state index in [1.54, 1.807) is 19.1 Å². The van der Waals surface area contributed by atoms with Crippen LogP contribution in [0.3, 0.4) is 0 Å². The van der Waals surface area contributed by atoms with Crippen LogP contribution in [0.4, 0.5) is 4.39 Å². The number of benzene rings is 1. The largest absolute Gasteiger partial charge is 0.505 e. The lowest BCUT2D eigenvalue weighted by atomic mass is 10.0. The SMILES string of the molecule is CCC[C@H](N)c1ccc(C)c(F)c1O.Cl. The van der Waals surface area contributed by atoms with Crippen molar-refractivity contribution in [1.82, 2.24) is 0 Å². The molecule has 0 fully saturated rings. The fourth-order valence-corrected chi connectivity index (χ4v) is 1.45. The summed E-state index contributed by atoms with van der Waals surface area (Å²) < 4.78 is 13.3. The number of nitrogens with two attached hydrogens (primary N) is 1. The van der Waals surface area contributed by atoms with E-state index < -0.39 is 5.82 Å². The number of hydrogen-bond acceptors (Lipinski definition) is 2. The molecule has 0 bridgehead atoms. The van der Waals surface area contributed by atoms with E-state index in [0.717, 1.165) is 12.8 Å². The molecule has 0 radical (unpaired) electrons. The standard InChI is InChI=1S/C11H16FNO.ClH/c1-3-4-9(13)8-6-5-7(2)10(12)11(8)14;/h5-6,9,14H,3-4,13H2,1-2H3;1H/t9-;/m0./s1. The molecule has 0 aliphatic carbocycles. The first-order valence-electron chi connectivity index (χ1n) is 4.81. The first-order valence-corrected chi connectivity index (χ1v) is 4.81. The lowest BCUT2D eigenvalue weighted by Crippen LogP contribution is -2.10. The number of phenolic OH excluding ortho intramolecular Hbond substituents is 1. The Morgan fingerprint density at radius 1 is 1.47 bits per heavy atom. The van der Waals surface area contributed by atoms with E-state index in [4.69, 9.17) is 5.73 Å². The van der Waals surface area contributed by atoms with Crippen molar-refractivity contribution in [3.8, 4) is 5.75 Å². The summed E-state index contributed by atoms with van der Waals surface area (Å²) in [5.74, 6) is -0.861. The van der Waals surface area contributed by atoms with Crippen LogP contribution < -0.4 is 5.73 Å². The molecular weight excluding hydrogens is 217 g/mol. The minimum Gasteiger partial charge on any atom is -0.505 e. The second-order valence-corrected chi connectivity index (χ2v) is 3.53. The third kappa shape index (κ3) is 3.08. The van der Waals surface area contributed by atoms with Crippen molar-refractivity contribution < 1.29 is 9.50 Å². The molecular formula is C11H17ClFNO. The van der Waals surface area contributed by atoms with Crippen LogP contribution >= 0.6 is 12.4 Å². The van der Waals surface area contributed by atoms with Crippen molar-refractivity contribution in [2.45, 2.75) is 32.7 Å². The monoisotopic (exact) mass is 233 g/mol. The van der Waals surface area contributed by atoms with Crippen molar-refractivity contribution in [3.63, 3.8) is 0 Å². The third-order valence-electron chi connectivity index (χ3n) is 2.34. The minimum atomic E-state index is -0.561. The van der Waals surface area contributed by atoms with E-state index in [0.29, 0.717) is 11.1 Å². The number of rotatable bonds is 3. The number of phenols is 1. The fourth-order valence-electron chi connectivity index (χ4n) is 1.45. The normalized spacial score (nSPS) is 12.0. The van der Waals surface area contributed by atoms with Crippen LogP contribution in [0.15, 0.2) is 12.1 Å². The van der Waals surface area contributed by atoms with Gasteiger partial charge in [0.1, 0.15) is 0 Å². The van der Waals surface area contributed by atoms with Gasteiger partial charge >= 0.3 is 0 Å². The van der Waals surface area contributed by atoms with Gasteiger partial charge in [-0.15, -0.1) is 12.4 Å². The van der Waals surface area contributed by atoms with Gasteiger partial charge < -0.3 is 10.8 Å². The second-order valence-electron chi connectivity index (χ2n) is 3.53. The van der Waals surface area contributed by atoms with Crippen LogP contribution in [0.1, 0.15) is 36.9 Å². The zero-order valence-electron chi connectivity index (χ0n) is 8.96. The Morgan fingerprint density at radius 3 is 2.60 bits per heavy atom. The summed E-state index contributed by atoms with van der Waals surface area (Å²) in [5.41, 5.74) is 6.73. The maximum Gasteiger partial charge on any atom is 0.168 e. The minimum absolute atomic E-state index is 0. The lowest BCUT2D eigenvalue weighted by molar-refractivity contribution is 0.416. The van der Waals surface area contributed by atoms with Crippen molar-refractivity contribution in [3.05, 3.63) is 29.1 Å². The van der Waals surface area contributed by atoms with E-state index >= 15 is 0 Å². The predicted molar refractivity (Wildman–Crippen MR) is 61.9 cm³/mol. The molecule has 1 rings (SSSR count). The Balaban J connectivity index is 0.00000196. The number of aryl methyl sites for hydroxylation is 1. The molecule has 0 saturated heterocycles. The van der Waals surface area contributed by atoms with Gasteiger partial charge in [-0.05, 0) is 18.9 Å². The maximum absolute atomic E-state index is 13.3. The van der Waals surface area contributed by atoms with Crippen molar-refractivity contribution in [2.75, 3.05) is 0 Å². The highest BCUT2D eigenvalue weighted by molar-refractivity contribution is 5.85. The number of aromatic hydroxyl groups is 1. The molecule has 86 valence electrons. The molecule has 3 N–H and O–H groups in total. The van der Waals surface area contributed by atoms with Crippen LogP contribution in [0.5, 0.6) is 5.75 Å². The van der Waals surface area contributed by atoms with Gasteiger partial charge in [-0.1, -0.05) is 25.5 Å². The molecule has 0 amide bonds. The molecule has 2 nitrogen and oxygen atoms in total. The summed E-state index contributed by atoms with van der Waals surface area (Å²) in [4.78, 5) is 0. The topological polar surface area (TPSA) is 46.2 Å². The summed E-state index contributed by atoms with van der Waals surface area (Å²) in [5, 5.41) is 9.52. The van der Waals surface area contributed by atoms with Crippen molar-refractivity contribution in [2.24, 2.45) is 5.73 Å². The Labute approximate surface area is 95.7 Å². The van der Waals surface area contributed by atoms with Crippen LogP contribution in [0.25, 0.3) is 0 Å². The molecule has 15 heavy (non-hydrogen) atoms. The summed E-state index contributed by atoms with van der Waals surface area (Å²) in [7, 11) is 0. The van der Waals surface area contributed by atoms with Gasteiger partial charge in [0.05, 0.1) is 0 Å². The van der Waals surface area contributed by atoms with Crippen LogP contribution in [0, 0.1) is 12.7 Å². The van der Waals surface area contributed by atoms with Crippen molar-refractivity contribution in [1.29, 1.82) is 0 Å². The van der Waals surface area contributed by atoms with Gasteiger partial charge in [0.25, 0.3) is 0 Å². The van der Waals surface area contributed by atoms with E-state index in [1.807, 2.05) is 6.92 Å². The molecule has 1 aromatic rings. The Kier molecular flexibility index (Phi) is 5.61. The fraction of sp³-hybridized carbons (Fsp3) is 0.455. The third-order valence-corrected chi connectivity index (χ3v) is 2.34. The lowest BCUT2D eigenvalue weighted by Gasteiger charge is -2.13. The van der Waals surface area contributed by atoms with Crippen LogP contribution in [0.2, 0.25) is 0 Å². The van der Waals surface area contributed by atoms with E-state index in [9.17, 15) is 9.50 Å². The smallest absolute Gasteiger partial charge is 0.168 e. The highest BCUT2D eigenvalue weighted by atomic mass is 35.5. The van der Waals surface area contributed by atoms with E-state index in [2.05, 4.69) is 0 Å². The first kappa shape index (κ1) is 14.2. The summed E-state index contributed by atoms with van der Waals surface area (Å²) >= 11 is 0. The predicted octanol–water partition coefficient (Wildman–Crippen LogP) is 3.06. The van der Waals surface area contributed by atoms with Gasteiger partial charge in [-0.3, -0.25) is 0 Å². The maximum atomic E-state index is 13.3. The molecule has 4 heteroatoms. The molecule has 1 aromatic carbocycles. The molecule has 0 spiro atoms. The Bertz CT molecular complexity index is 331. The summed E-state index contributed by atoms with van der Waals surface area (Å²) in [6, 6.07) is 3.05. The molecule has 0 heterocycles. The Morgan fingerprint density at radius 2 is 2.07 bits per heavy atom. The van der Waals surface area contributed by atoms with Gasteiger partial charge in [0.2, 0.25) is 0 Å². The molecule has 0 aliphatic rings. The van der Waals surface area contributed by atoms with Gasteiger partial charge in [0, 0.05) is 11.6 Å². The van der Waals surface area contributed by atoms with E-state index in [-0.39, 0.29) is 24.2 Å². The Hall–Kier alpha value is -0.800. The van der Waals surface area contributed by atoms with E-state index in [1.165, 1.54) is 0 Å². The van der Waals surface area contributed by atoms with Crippen molar-refractivity contribution >= 4 is 12.4 Å².